The number of benzene rings is 2. The van der Waals surface area contributed by atoms with Crippen molar-refractivity contribution >= 4 is 36.6 Å². The van der Waals surface area contributed by atoms with Crippen LogP contribution in [0.5, 0.6) is 0 Å². The van der Waals surface area contributed by atoms with Gasteiger partial charge in [-0.2, -0.15) is 47.5 Å². The summed E-state index contributed by atoms with van der Waals surface area (Å²) in [4.78, 5) is 1.22. The van der Waals surface area contributed by atoms with Crippen LogP contribution in [0.1, 0.15) is 27.7 Å². The third kappa shape index (κ3) is 12.0. The molecule has 3 rings (SSSR count). The van der Waals surface area contributed by atoms with Gasteiger partial charge in [0.25, 0.3) is 0 Å². The molecule has 0 N–H and O–H groups in total. The topological polar surface area (TPSA) is 0 Å². The Balaban J connectivity index is -0.000000293. The van der Waals surface area contributed by atoms with Gasteiger partial charge in [-0.3, -0.25) is 12.3 Å². The molecule has 0 fully saturated rings. The Morgan fingerprint density at radius 2 is 1.38 bits per heavy atom. The van der Waals surface area contributed by atoms with E-state index in [-0.39, 0.29) is 46.5 Å². The van der Waals surface area contributed by atoms with E-state index in [2.05, 4.69) is 46.1 Å². The van der Waals surface area contributed by atoms with Crippen molar-refractivity contribution in [2.75, 3.05) is 0 Å². The van der Waals surface area contributed by atoms with Crippen molar-refractivity contribution in [3.63, 3.8) is 0 Å². The minimum Gasteiger partial charge on any atom is -0.319 e. The van der Waals surface area contributed by atoms with E-state index in [1.54, 1.807) is 0 Å². The fraction of sp³-hybridized carbons (Fsp3) is 0.227. The predicted octanol–water partition coefficient (Wildman–Crippen LogP) is 7.62. The van der Waals surface area contributed by atoms with Crippen molar-refractivity contribution in [1.29, 1.82) is 0 Å². The molecule has 4 heteroatoms. The fourth-order valence-corrected chi connectivity index (χ4v) is 2.37. The molecular weight excluding hydrogens is 415 g/mol. The number of hydrogen-bond donors (Lipinski definition) is 0. The second kappa shape index (κ2) is 18.0. The maximum atomic E-state index is 3.67. The van der Waals surface area contributed by atoms with E-state index in [1.807, 2.05) is 60.7 Å². The first kappa shape index (κ1) is 30.3. The summed E-state index contributed by atoms with van der Waals surface area (Å²) in [5.41, 5.74) is 4.25. The summed E-state index contributed by atoms with van der Waals surface area (Å²) < 4.78 is 0. The van der Waals surface area contributed by atoms with E-state index < -0.39 is 0 Å². The van der Waals surface area contributed by atoms with Crippen molar-refractivity contribution in [2.24, 2.45) is 5.92 Å². The predicted molar refractivity (Wildman–Crippen MR) is 117 cm³/mol. The van der Waals surface area contributed by atoms with Gasteiger partial charge in [0.05, 0.1) is 0 Å². The van der Waals surface area contributed by atoms with Gasteiger partial charge in [-0.15, -0.1) is 31.7 Å². The van der Waals surface area contributed by atoms with E-state index in [0.29, 0.717) is 5.92 Å². The van der Waals surface area contributed by atoms with Crippen LogP contribution in [-0.4, -0.2) is 0 Å². The van der Waals surface area contributed by atoms with Gasteiger partial charge >= 0.3 is 21.7 Å². The molecule has 1 aliphatic carbocycles. The van der Waals surface area contributed by atoms with Crippen LogP contribution in [0.3, 0.4) is 0 Å². The van der Waals surface area contributed by atoms with Crippen LogP contribution in [0.2, 0.25) is 0 Å². The van der Waals surface area contributed by atoms with Crippen molar-refractivity contribution < 1.29 is 21.7 Å². The molecule has 0 aliphatic heterocycles. The second-order valence-corrected chi connectivity index (χ2v) is 6.09. The van der Waals surface area contributed by atoms with Crippen LogP contribution >= 0.6 is 36.6 Å². The normalized spacial score (nSPS) is 14.0. The third-order valence-electron chi connectivity index (χ3n) is 3.75. The molecule has 0 heterocycles. The van der Waals surface area contributed by atoms with Gasteiger partial charge in [0, 0.05) is 0 Å². The second-order valence-electron chi connectivity index (χ2n) is 5.33. The Kier molecular flexibility index (Phi) is 20.9. The third-order valence-corrected chi connectivity index (χ3v) is 4.36. The molecule has 0 saturated heterocycles. The molecular formula is C22H27Cl2STi. The molecule has 139 valence electrons. The number of thioether (sulfide) groups is 1. The summed E-state index contributed by atoms with van der Waals surface area (Å²) >= 11 is 1.52. The van der Waals surface area contributed by atoms with E-state index in [1.165, 1.54) is 33.4 Å². The standard InChI is InChI=1S/C9H13.C7H7S.C6H5.2ClH.Ti/c1-6-5-7(2)9(4)8(6)3;1-8-7-5-3-2-4-6-7;1-2-4-6-5-3-1;;;/h6H,1-4H3;2-6H,1H2;1-5H;2*1H;/q3*-1;;;+3. The van der Waals surface area contributed by atoms with Crippen molar-refractivity contribution in [3.05, 3.63) is 95.8 Å². The van der Waals surface area contributed by atoms with Gasteiger partial charge in [0.1, 0.15) is 0 Å². The molecule has 0 nitrogen and oxygen atoms in total. The zero-order chi connectivity index (χ0) is 17.1. The average Bonchev–Trinajstić information content (AvgIpc) is 2.84. The van der Waals surface area contributed by atoms with Gasteiger partial charge in [-0.1, -0.05) is 57.0 Å². The SMILES string of the molecule is CC1=[C-]C(C)C(C)=C1C.Cl.Cl.[CH2-]Sc1ccccc1.[Ti+3].[c-]1ccccc1. The van der Waals surface area contributed by atoms with Crippen molar-refractivity contribution in [3.8, 4) is 0 Å². The summed E-state index contributed by atoms with van der Waals surface area (Å²) in [6, 6.07) is 22.6. The number of halogens is 2. The summed E-state index contributed by atoms with van der Waals surface area (Å²) in [5, 5.41) is 0. The molecule has 26 heavy (non-hydrogen) atoms. The smallest absolute Gasteiger partial charge is 0.319 e. The first-order chi connectivity index (χ1) is 11.1. The first-order valence-electron chi connectivity index (χ1n) is 7.72. The molecule has 0 saturated carbocycles. The minimum absolute atomic E-state index is 0. The minimum atomic E-state index is 0. The molecule has 0 amide bonds. The van der Waals surface area contributed by atoms with Gasteiger partial charge < -0.3 is 11.8 Å². The van der Waals surface area contributed by atoms with E-state index >= 15 is 0 Å². The Bertz CT molecular complexity index is 598. The molecule has 2 aromatic rings. The Labute approximate surface area is 191 Å². The number of allylic oxidation sites excluding steroid dienone is 4. The van der Waals surface area contributed by atoms with E-state index in [9.17, 15) is 0 Å². The molecule has 1 unspecified atom stereocenters. The van der Waals surface area contributed by atoms with Crippen LogP contribution in [0.15, 0.2) is 82.3 Å². The van der Waals surface area contributed by atoms with Crippen LogP contribution in [0.4, 0.5) is 0 Å². The average molecular weight is 442 g/mol. The maximum absolute atomic E-state index is 3.67. The molecule has 1 radical (unpaired) electrons. The summed E-state index contributed by atoms with van der Waals surface area (Å²) in [7, 11) is 0. The molecule has 0 spiro atoms. The van der Waals surface area contributed by atoms with Crippen LogP contribution in [-0.2, 0) is 21.7 Å². The zero-order valence-corrected chi connectivity index (χ0v) is 19.8. The fourth-order valence-electron chi connectivity index (χ4n) is 2.02. The molecule has 0 aromatic heterocycles. The van der Waals surface area contributed by atoms with Crippen LogP contribution in [0.25, 0.3) is 0 Å². The van der Waals surface area contributed by atoms with Crippen molar-refractivity contribution in [1.82, 2.24) is 0 Å². The first-order valence-corrected chi connectivity index (χ1v) is 8.70. The van der Waals surface area contributed by atoms with Gasteiger partial charge in [-0.25, -0.2) is 5.57 Å². The Hall–Kier alpha value is -0.436. The Morgan fingerprint density at radius 3 is 1.58 bits per heavy atom. The van der Waals surface area contributed by atoms with Gasteiger partial charge in [-0.05, 0) is 4.90 Å². The van der Waals surface area contributed by atoms with E-state index in [4.69, 9.17) is 0 Å². The van der Waals surface area contributed by atoms with Gasteiger partial charge in [0.15, 0.2) is 0 Å². The molecule has 1 atom stereocenters. The van der Waals surface area contributed by atoms with E-state index in [0.717, 1.165) is 0 Å². The Morgan fingerprint density at radius 1 is 0.885 bits per heavy atom. The van der Waals surface area contributed by atoms with Crippen molar-refractivity contribution in [2.45, 2.75) is 32.6 Å². The molecule has 2 aromatic carbocycles. The molecule has 1 aliphatic rings. The van der Waals surface area contributed by atoms with Gasteiger partial charge in [0.2, 0.25) is 0 Å². The summed E-state index contributed by atoms with van der Waals surface area (Å²) in [5.74, 6) is 0.560. The number of rotatable bonds is 1. The summed E-state index contributed by atoms with van der Waals surface area (Å²) in [6.45, 7) is 8.67. The zero-order valence-electron chi connectivity index (χ0n) is 15.8. The van der Waals surface area contributed by atoms with Crippen LogP contribution in [0, 0.1) is 24.3 Å². The quantitative estimate of drug-likeness (QED) is 0.249. The molecule has 0 bridgehead atoms. The maximum Gasteiger partial charge on any atom is 3.00 e. The summed E-state index contributed by atoms with van der Waals surface area (Å²) in [6.07, 6.45) is 7.03. The number of hydrogen-bond acceptors (Lipinski definition) is 1. The monoisotopic (exact) mass is 441 g/mol. The van der Waals surface area contributed by atoms with Crippen LogP contribution < -0.4 is 0 Å². The largest absolute Gasteiger partial charge is 3.00 e.